The molecular weight excluding hydrogens is 328 g/mol. The van der Waals surface area contributed by atoms with E-state index in [1.165, 1.54) is 22.3 Å². The van der Waals surface area contributed by atoms with E-state index in [0.717, 1.165) is 8.95 Å². The van der Waals surface area contributed by atoms with Gasteiger partial charge in [0, 0.05) is 8.95 Å². The third-order valence-corrected chi connectivity index (χ3v) is 4.54. The van der Waals surface area contributed by atoms with Crippen LogP contribution in [0.4, 0.5) is 0 Å². The van der Waals surface area contributed by atoms with E-state index in [4.69, 9.17) is 0 Å². The number of rotatable bonds is 1. The van der Waals surface area contributed by atoms with E-state index >= 15 is 0 Å². The highest BCUT2D eigenvalue weighted by atomic mass is 79.9. The minimum atomic E-state index is 1.16. The Kier molecular flexibility index (Phi) is 3.50. The molecule has 0 amide bonds. The van der Waals surface area contributed by atoms with Crippen molar-refractivity contribution in [2.45, 2.75) is 13.8 Å². The minimum Gasteiger partial charge on any atom is -0.0605 e. The first-order valence-electron chi connectivity index (χ1n) is 5.12. The molecule has 0 aliphatic rings. The predicted molar refractivity (Wildman–Crippen MR) is 76.8 cm³/mol. The quantitative estimate of drug-likeness (QED) is 0.644. The largest absolute Gasteiger partial charge is 0.0605 e. The average molecular weight is 340 g/mol. The molecule has 0 saturated carbocycles. The lowest BCUT2D eigenvalue weighted by atomic mass is 9.97. The maximum atomic E-state index is 3.57. The van der Waals surface area contributed by atoms with Crippen molar-refractivity contribution >= 4 is 31.9 Å². The Bertz CT molecular complexity index is 481. The van der Waals surface area contributed by atoms with Gasteiger partial charge in [-0.25, -0.2) is 0 Å². The van der Waals surface area contributed by atoms with Crippen molar-refractivity contribution in [3.8, 4) is 11.1 Å². The van der Waals surface area contributed by atoms with Gasteiger partial charge < -0.3 is 0 Å². The van der Waals surface area contributed by atoms with E-state index in [2.05, 4.69) is 82.1 Å². The zero-order chi connectivity index (χ0) is 11.7. The van der Waals surface area contributed by atoms with Crippen LogP contribution in [0.3, 0.4) is 0 Å². The van der Waals surface area contributed by atoms with Gasteiger partial charge in [-0.1, -0.05) is 56.1 Å². The van der Waals surface area contributed by atoms with Gasteiger partial charge >= 0.3 is 0 Å². The van der Waals surface area contributed by atoms with Crippen LogP contribution in [0.15, 0.2) is 45.3 Å². The standard InChI is InChI=1S/C14H12Br2/c1-9-11(5-3-7-13(9)15)12-6-4-8-14(16)10(12)2/h3-8H,1-2H3. The third kappa shape index (κ3) is 2.09. The fourth-order valence-electron chi connectivity index (χ4n) is 1.80. The third-order valence-electron chi connectivity index (χ3n) is 2.83. The van der Waals surface area contributed by atoms with Gasteiger partial charge in [-0.15, -0.1) is 0 Å². The molecule has 0 aliphatic carbocycles. The normalized spacial score (nSPS) is 10.5. The van der Waals surface area contributed by atoms with Crippen molar-refractivity contribution in [2.24, 2.45) is 0 Å². The SMILES string of the molecule is Cc1c(Br)cccc1-c1cccc(Br)c1C. The van der Waals surface area contributed by atoms with Gasteiger partial charge in [0.05, 0.1) is 0 Å². The maximum absolute atomic E-state index is 3.57. The van der Waals surface area contributed by atoms with Crippen molar-refractivity contribution in [1.82, 2.24) is 0 Å². The van der Waals surface area contributed by atoms with Crippen LogP contribution in [0.2, 0.25) is 0 Å². The molecule has 0 radical (unpaired) electrons. The predicted octanol–water partition coefficient (Wildman–Crippen LogP) is 5.50. The Morgan fingerprint density at radius 2 is 1.06 bits per heavy atom. The summed E-state index contributed by atoms with van der Waals surface area (Å²) >= 11 is 7.15. The Balaban J connectivity index is 2.68. The second-order valence-electron chi connectivity index (χ2n) is 3.82. The Hall–Kier alpha value is -0.600. The highest BCUT2D eigenvalue weighted by Gasteiger charge is 2.08. The Labute approximate surface area is 113 Å². The summed E-state index contributed by atoms with van der Waals surface area (Å²) in [5.74, 6) is 0. The summed E-state index contributed by atoms with van der Waals surface area (Å²) in [5, 5.41) is 0. The Morgan fingerprint density at radius 3 is 1.44 bits per heavy atom. The van der Waals surface area contributed by atoms with Crippen LogP contribution in [-0.2, 0) is 0 Å². The molecule has 0 bridgehead atoms. The lowest BCUT2D eigenvalue weighted by Crippen LogP contribution is -1.88. The number of halogens is 2. The van der Waals surface area contributed by atoms with Crippen molar-refractivity contribution in [3.63, 3.8) is 0 Å². The first-order chi connectivity index (χ1) is 7.61. The van der Waals surface area contributed by atoms with Crippen molar-refractivity contribution in [1.29, 1.82) is 0 Å². The highest BCUT2D eigenvalue weighted by molar-refractivity contribution is 9.10. The van der Waals surface area contributed by atoms with Gasteiger partial charge in [-0.05, 0) is 48.2 Å². The molecule has 0 atom stereocenters. The van der Waals surface area contributed by atoms with Gasteiger partial charge in [-0.2, -0.15) is 0 Å². The second kappa shape index (κ2) is 4.72. The summed E-state index contributed by atoms with van der Waals surface area (Å²) in [7, 11) is 0. The molecule has 82 valence electrons. The molecular formula is C14H12Br2. The molecule has 2 rings (SSSR count). The minimum absolute atomic E-state index is 1.16. The molecule has 16 heavy (non-hydrogen) atoms. The lowest BCUT2D eigenvalue weighted by molar-refractivity contribution is 1.37. The monoisotopic (exact) mass is 338 g/mol. The van der Waals surface area contributed by atoms with Crippen LogP contribution in [0, 0.1) is 13.8 Å². The molecule has 0 saturated heterocycles. The van der Waals surface area contributed by atoms with Gasteiger partial charge in [0.2, 0.25) is 0 Å². The average Bonchev–Trinajstić information content (AvgIpc) is 2.27. The number of benzene rings is 2. The van der Waals surface area contributed by atoms with E-state index < -0.39 is 0 Å². The van der Waals surface area contributed by atoms with E-state index in [1.807, 2.05) is 0 Å². The summed E-state index contributed by atoms with van der Waals surface area (Å²) < 4.78 is 2.31. The van der Waals surface area contributed by atoms with Crippen LogP contribution < -0.4 is 0 Å². The van der Waals surface area contributed by atoms with Crippen LogP contribution in [0.25, 0.3) is 11.1 Å². The molecule has 0 fully saturated rings. The summed E-state index contributed by atoms with van der Waals surface area (Å²) in [6, 6.07) is 12.6. The summed E-state index contributed by atoms with van der Waals surface area (Å²) in [6.45, 7) is 4.28. The number of hydrogen-bond donors (Lipinski definition) is 0. The zero-order valence-electron chi connectivity index (χ0n) is 9.22. The molecule has 0 nitrogen and oxygen atoms in total. The van der Waals surface area contributed by atoms with Crippen LogP contribution in [0.1, 0.15) is 11.1 Å². The fraction of sp³-hybridized carbons (Fsp3) is 0.143. The molecule has 0 aliphatic heterocycles. The van der Waals surface area contributed by atoms with E-state index in [1.54, 1.807) is 0 Å². The lowest BCUT2D eigenvalue weighted by Gasteiger charge is -2.11. The van der Waals surface area contributed by atoms with Gasteiger partial charge in [-0.3, -0.25) is 0 Å². The molecule has 0 unspecified atom stereocenters. The molecule has 2 heteroatoms. The van der Waals surface area contributed by atoms with E-state index in [9.17, 15) is 0 Å². The molecule has 2 aromatic rings. The van der Waals surface area contributed by atoms with Crippen molar-refractivity contribution in [2.75, 3.05) is 0 Å². The second-order valence-corrected chi connectivity index (χ2v) is 5.53. The van der Waals surface area contributed by atoms with Crippen LogP contribution in [-0.4, -0.2) is 0 Å². The van der Waals surface area contributed by atoms with E-state index in [0.29, 0.717) is 0 Å². The summed E-state index contributed by atoms with van der Waals surface area (Å²) in [6.07, 6.45) is 0. The zero-order valence-corrected chi connectivity index (χ0v) is 12.4. The molecule has 0 heterocycles. The van der Waals surface area contributed by atoms with Gasteiger partial charge in [0.1, 0.15) is 0 Å². The molecule has 0 N–H and O–H groups in total. The first-order valence-corrected chi connectivity index (χ1v) is 6.70. The van der Waals surface area contributed by atoms with Crippen LogP contribution in [0.5, 0.6) is 0 Å². The Morgan fingerprint density at radius 1 is 0.688 bits per heavy atom. The van der Waals surface area contributed by atoms with E-state index in [-0.39, 0.29) is 0 Å². The van der Waals surface area contributed by atoms with Gasteiger partial charge in [0.15, 0.2) is 0 Å². The number of hydrogen-bond acceptors (Lipinski definition) is 0. The topological polar surface area (TPSA) is 0 Å². The fourth-order valence-corrected chi connectivity index (χ4v) is 2.53. The summed E-state index contributed by atoms with van der Waals surface area (Å²) in [4.78, 5) is 0. The smallest absolute Gasteiger partial charge is 0.0210 e. The molecule has 0 spiro atoms. The van der Waals surface area contributed by atoms with Gasteiger partial charge in [0.25, 0.3) is 0 Å². The van der Waals surface area contributed by atoms with Crippen LogP contribution >= 0.6 is 31.9 Å². The van der Waals surface area contributed by atoms with Crippen molar-refractivity contribution < 1.29 is 0 Å². The summed E-state index contributed by atoms with van der Waals surface area (Å²) in [5.41, 5.74) is 5.13. The highest BCUT2D eigenvalue weighted by Crippen LogP contribution is 2.33. The van der Waals surface area contributed by atoms with Crippen molar-refractivity contribution in [3.05, 3.63) is 56.5 Å². The molecule has 2 aromatic carbocycles. The molecule has 0 aromatic heterocycles. The maximum Gasteiger partial charge on any atom is 0.0210 e. The first kappa shape index (κ1) is 11.9.